The number of carbonyl (C=O) groups is 2. The fourth-order valence-electron chi connectivity index (χ4n) is 3.31. The highest BCUT2D eigenvalue weighted by atomic mass is 16.5. The topological polar surface area (TPSA) is 85.9 Å². The van der Waals surface area contributed by atoms with Crippen molar-refractivity contribution in [1.82, 2.24) is 10.6 Å². The van der Waals surface area contributed by atoms with Crippen LogP contribution in [0.3, 0.4) is 0 Å². The first-order chi connectivity index (χ1) is 16.0. The van der Waals surface area contributed by atoms with Crippen molar-refractivity contribution in [3.8, 4) is 17.2 Å². The lowest BCUT2D eigenvalue weighted by Gasteiger charge is -2.21. The van der Waals surface area contributed by atoms with Crippen molar-refractivity contribution >= 4 is 11.8 Å². The Balaban J connectivity index is 1.72. The lowest BCUT2D eigenvalue weighted by atomic mass is 10.1. The Hall–Kier alpha value is -4.00. The Morgan fingerprint density at radius 2 is 1.12 bits per heavy atom. The van der Waals surface area contributed by atoms with Crippen molar-refractivity contribution in [2.24, 2.45) is 0 Å². The molecule has 0 radical (unpaired) electrons. The molecular formula is C26H28N2O5. The summed E-state index contributed by atoms with van der Waals surface area (Å²) in [6.07, 6.45) is -0.381. The Morgan fingerprint density at radius 3 is 1.55 bits per heavy atom. The Labute approximate surface area is 193 Å². The van der Waals surface area contributed by atoms with Crippen LogP contribution in [-0.4, -0.2) is 33.1 Å². The summed E-state index contributed by atoms with van der Waals surface area (Å²) >= 11 is 0. The maximum Gasteiger partial charge on any atom is 0.226 e. The molecule has 0 spiro atoms. The quantitative estimate of drug-likeness (QED) is 0.464. The van der Waals surface area contributed by atoms with Crippen LogP contribution in [0, 0.1) is 0 Å². The molecule has 2 N–H and O–H groups in total. The van der Waals surface area contributed by atoms with E-state index in [1.54, 1.807) is 57.7 Å². The van der Waals surface area contributed by atoms with Gasteiger partial charge in [-0.3, -0.25) is 9.59 Å². The van der Waals surface area contributed by atoms with E-state index in [0.717, 1.165) is 22.6 Å². The second-order valence-corrected chi connectivity index (χ2v) is 7.39. The largest absolute Gasteiger partial charge is 0.497 e. The first-order valence-electron chi connectivity index (χ1n) is 10.5. The summed E-state index contributed by atoms with van der Waals surface area (Å²) in [5.74, 6) is 1.63. The van der Waals surface area contributed by atoms with Crippen LogP contribution in [-0.2, 0) is 22.4 Å². The minimum atomic E-state index is -0.711. The molecule has 0 aliphatic rings. The number of hydrogen-bond donors (Lipinski definition) is 2. The highest BCUT2D eigenvalue weighted by Crippen LogP contribution is 2.19. The van der Waals surface area contributed by atoms with Gasteiger partial charge in [0.1, 0.15) is 23.4 Å². The Morgan fingerprint density at radius 1 is 0.667 bits per heavy atom. The van der Waals surface area contributed by atoms with Gasteiger partial charge in [-0.05, 0) is 53.1 Å². The first kappa shape index (κ1) is 23.7. The van der Waals surface area contributed by atoms with Crippen molar-refractivity contribution in [1.29, 1.82) is 0 Å². The number of ether oxygens (including phenoxy) is 3. The number of amides is 2. The fourth-order valence-corrected chi connectivity index (χ4v) is 3.31. The summed E-state index contributed by atoms with van der Waals surface area (Å²) in [7, 11) is 4.75. The minimum absolute atomic E-state index is 0.165. The van der Waals surface area contributed by atoms with E-state index in [1.807, 2.05) is 36.4 Å². The SMILES string of the molecule is COc1ccc(CC(=O)NC(NC(=O)Cc2ccc(OC)cc2)c2cccc(OC)c2)cc1. The van der Waals surface area contributed by atoms with E-state index in [9.17, 15) is 9.59 Å². The van der Waals surface area contributed by atoms with Gasteiger partial charge in [0.25, 0.3) is 0 Å². The summed E-state index contributed by atoms with van der Waals surface area (Å²) in [6.45, 7) is 0. The van der Waals surface area contributed by atoms with E-state index in [0.29, 0.717) is 11.3 Å². The van der Waals surface area contributed by atoms with E-state index in [1.165, 1.54) is 0 Å². The number of carbonyl (C=O) groups excluding carboxylic acids is 2. The summed E-state index contributed by atoms with van der Waals surface area (Å²) in [6, 6.07) is 21.8. The summed E-state index contributed by atoms with van der Waals surface area (Å²) < 4.78 is 15.6. The third kappa shape index (κ3) is 7.00. The molecule has 2 amide bonds. The fraction of sp³-hybridized carbons (Fsp3) is 0.231. The zero-order valence-electron chi connectivity index (χ0n) is 19.0. The summed E-state index contributed by atoms with van der Waals surface area (Å²) in [4.78, 5) is 25.6. The molecule has 172 valence electrons. The van der Waals surface area contributed by atoms with Gasteiger partial charge in [0.2, 0.25) is 11.8 Å². The molecule has 0 aromatic heterocycles. The molecule has 7 heteroatoms. The van der Waals surface area contributed by atoms with E-state index < -0.39 is 6.17 Å². The van der Waals surface area contributed by atoms with Gasteiger partial charge in [-0.1, -0.05) is 36.4 Å². The van der Waals surface area contributed by atoms with E-state index in [2.05, 4.69) is 10.6 Å². The molecule has 0 atom stereocenters. The van der Waals surface area contributed by atoms with Crippen molar-refractivity contribution in [2.75, 3.05) is 21.3 Å². The molecule has 0 saturated carbocycles. The van der Waals surface area contributed by atoms with Crippen molar-refractivity contribution < 1.29 is 23.8 Å². The van der Waals surface area contributed by atoms with E-state index in [4.69, 9.17) is 14.2 Å². The number of methoxy groups -OCH3 is 3. The van der Waals surface area contributed by atoms with Gasteiger partial charge in [0, 0.05) is 0 Å². The molecule has 0 fully saturated rings. The van der Waals surface area contributed by atoms with Crippen molar-refractivity contribution in [3.05, 3.63) is 89.5 Å². The second-order valence-electron chi connectivity index (χ2n) is 7.39. The lowest BCUT2D eigenvalue weighted by molar-refractivity contribution is -0.123. The van der Waals surface area contributed by atoms with Gasteiger partial charge in [0.05, 0.1) is 34.2 Å². The predicted molar refractivity (Wildman–Crippen MR) is 125 cm³/mol. The van der Waals surface area contributed by atoms with E-state index in [-0.39, 0.29) is 24.7 Å². The van der Waals surface area contributed by atoms with Gasteiger partial charge >= 0.3 is 0 Å². The lowest BCUT2D eigenvalue weighted by Crippen LogP contribution is -2.42. The molecule has 33 heavy (non-hydrogen) atoms. The molecule has 0 aliphatic heterocycles. The molecule has 7 nitrogen and oxygen atoms in total. The van der Waals surface area contributed by atoms with Crippen LogP contribution < -0.4 is 24.8 Å². The van der Waals surface area contributed by atoms with Crippen LogP contribution in [0.1, 0.15) is 22.9 Å². The Bertz CT molecular complexity index is 1000. The van der Waals surface area contributed by atoms with Gasteiger partial charge in [0.15, 0.2) is 0 Å². The van der Waals surface area contributed by atoms with Gasteiger partial charge in [-0.25, -0.2) is 0 Å². The van der Waals surface area contributed by atoms with E-state index >= 15 is 0 Å². The molecule has 0 aliphatic carbocycles. The van der Waals surface area contributed by atoms with Crippen LogP contribution in [0.25, 0.3) is 0 Å². The standard InChI is InChI=1S/C26H28N2O5/c1-31-21-11-7-18(8-12-21)15-24(29)27-26(20-5-4-6-23(17-20)33-3)28-25(30)16-19-9-13-22(32-2)14-10-19/h4-14,17,26H,15-16H2,1-3H3,(H,27,29)(H,28,30). The molecule has 3 aromatic rings. The molecule has 0 saturated heterocycles. The first-order valence-corrected chi connectivity index (χ1v) is 10.5. The number of hydrogen-bond acceptors (Lipinski definition) is 5. The smallest absolute Gasteiger partial charge is 0.226 e. The highest BCUT2D eigenvalue weighted by molar-refractivity contribution is 5.82. The van der Waals surface area contributed by atoms with Crippen LogP contribution in [0.4, 0.5) is 0 Å². The monoisotopic (exact) mass is 448 g/mol. The molecular weight excluding hydrogens is 420 g/mol. The van der Waals surface area contributed by atoms with Crippen LogP contribution in [0.15, 0.2) is 72.8 Å². The predicted octanol–water partition coefficient (Wildman–Crippen LogP) is 3.43. The molecule has 0 heterocycles. The number of benzene rings is 3. The maximum absolute atomic E-state index is 12.8. The summed E-state index contributed by atoms with van der Waals surface area (Å²) in [5, 5.41) is 5.84. The molecule has 3 aromatic carbocycles. The zero-order chi connectivity index (χ0) is 23.6. The third-order valence-electron chi connectivity index (χ3n) is 5.09. The third-order valence-corrected chi connectivity index (χ3v) is 5.09. The molecule has 0 bridgehead atoms. The van der Waals surface area contributed by atoms with Crippen LogP contribution >= 0.6 is 0 Å². The average molecular weight is 449 g/mol. The van der Waals surface area contributed by atoms with Crippen LogP contribution in [0.5, 0.6) is 17.2 Å². The second kappa shape index (κ2) is 11.6. The highest BCUT2D eigenvalue weighted by Gasteiger charge is 2.18. The van der Waals surface area contributed by atoms with Gasteiger partial charge in [-0.2, -0.15) is 0 Å². The zero-order valence-corrected chi connectivity index (χ0v) is 19.0. The van der Waals surface area contributed by atoms with Gasteiger partial charge in [-0.15, -0.1) is 0 Å². The number of nitrogens with one attached hydrogen (secondary N) is 2. The molecule has 3 rings (SSSR count). The minimum Gasteiger partial charge on any atom is -0.497 e. The summed E-state index contributed by atoms with van der Waals surface area (Å²) in [5.41, 5.74) is 2.38. The maximum atomic E-state index is 12.8. The normalized spacial score (nSPS) is 10.4. The van der Waals surface area contributed by atoms with Crippen molar-refractivity contribution in [2.45, 2.75) is 19.0 Å². The van der Waals surface area contributed by atoms with Crippen LogP contribution in [0.2, 0.25) is 0 Å². The molecule has 0 unspecified atom stereocenters. The average Bonchev–Trinajstić information content (AvgIpc) is 2.84. The number of rotatable bonds is 10. The Kier molecular flexibility index (Phi) is 8.30. The van der Waals surface area contributed by atoms with Crippen molar-refractivity contribution in [3.63, 3.8) is 0 Å². The van der Waals surface area contributed by atoms with Gasteiger partial charge < -0.3 is 24.8 Å².